The fourth-order valence-corrected chi connectivity index (χ4v) is 3.00. The van der Waals surface area contributed by atoms with E-state index in [9.17, 15) is 0 Å². The van der Waals surface area contributed by atoms with Gasteiger partial charge in [-0.2, -0.15) is 0 Å². The lowest BCUT2D eigenvalue weighted by molar-refractivity contribution is 0.260. The van der Waals surface area contributed by atoms with Crippen LogP contribution in [0.25, 0.3) is 11.1 Å². The van der Waals surface area contributed by atoms with Gasteiger partial charge in [0.05, 0.1) is 5.69 Å². The van der Waals surface area contributed by atoms with Crippen LogP contribution < -0.4 is 15.8 Å². The maximum Gasteiger partial charge on any atom is 0.196 e. The second-order valence-electron chi connectivity index (χ2n) is 5.46. The molecular formula is C19H15ClN2O. The van der Waals surface area contributed by atoms with Gasteiger partial charge in [0.1, 0.15) is 5.75 Å². The van der Waals surface area contributed by atoms with Gasteiger partial charge in [-0.05, 0) is 24.3 Å². The Labute approximate surface area is 139 Å². The second-order valence-corrected chi connectivity index (χ2v) is 5.90. The van der Waals surface area contributed by atoms with E-state index in [-0.39, 0.29) is 6.23 Å². The van der Waals surface area contributed by atoms with Crippen LogP contribution in [-0.4, -0.2) is 0 Å². The Balaban J connectivity index is 1.77. The maximum absolute atomic E-state index is 6.14. The summed E-state index contributed by atoms with van der Waals surface area (Å²) in [6, 6.07) is 21.5. The highest BCUT2D eigenvalue weighted by atomic mass is 35.5. The van der Waals surface area contributed by atoms with Gasteiger partial charge in [-0.3, -0.25) is 0 Å². The number of ether oxygens (including phenoxy) is 1. The summed E-state index contributed by atoms with van der Waals surface area (Å²) < 4.78 is 6.04. The molecular weight excluding hydrogens is 308 g/mol. The van der Waals surface area contributed by atoms with Crippen LogP contribution in [0.2, 0.25) is 5.02 Å². The van der Waals surface area contributed by atoms with E-state index in [0.29, 0.717) is 10.7 Å². The summed E-state index contributed by atoms with van der Waals surface area (Å²) in [4.78, 5) is 0. The summed E-state index contributed by atoms with van der Waals surface area (Å²) in [6.07, 6.45) is -0.201. The molecule has 0 fully saturated rings. The lowest BCUT2D eigenvalue weighted by Crippen LogP contribution is -2.09. The number of fused-ring (bicyclic) bond motifs is 1. The Morgan fingerprint density at radius 1 is 0.913 bits per heavy atom. The highest BCUT2D eigenvalue weighted by Crippen LogP contribution is 2.45. The van der Waals surface area contributed by atoms with Crippen LogP contribution in [0.3, 0.4) is 0 Å². The Morgan fingerprint density at radius 3 is 2.57 bits per heavy atom. The number of nitrogens with one attached hydrogen (secondary N) is 1. The molecule has 4 heteroatoms. The number of anilines is 2. The van der Waals surface area contributed by atoms with E-state index in [4.69, 9.17) is 22.1 Å². The molecule has 3 aromatic rings. The lowest BCUT2D eigenvalue weighted by atomic mass is 10.0. The van der Waals surface area contributed by atoms with Gasteiger partial charge in [0.15, 0.2) is 6.23 Å². The minimum absolute atomic E-state index is 0.201. The Bertz CT molecular complexity index is 864. The predicted molar refractivity (Wildman–Crippen MR) is 94.7 cm³/mol. The van der Waals surface area contributed by atoms with Gasteiger partial charge in [0, 0.05) is 27.4 Å². The van der Waals surface area contributed by atoms with Gasteiger partial charge in [-0.1, -0.05) is 54.1 Å². The van der Waals surface area contributed by atoms with E-state index in [2.05, 4.69) is 5.32 Å². The van der Waals surface area contributed by atoms with E-state index >= 15 is 0 Å². The normalized spacial score (nSPS) is 15.6. The molecule has 0 aromatic heterocycles. The number of nitrogens with two attached hydrogens (primary N) is 1. The SMILES string of the molecule is Nc1ccc(Cl)cc1-c1cccc2c1NC(c1ccccc1)O2. The van der Waals surface area contributed by atoms with Crippen molar-refractivity contribution in [2.24, 2.45) is 0 Å². The summed E-state index contributed by atoms with van der Waals surface area (Å²) in [6.45, 7) is 0. The Kier molecular flexibility index (Phi) is 3.36. The zero-order valence-corrected chi connectivity index (χ0v) is 13.0. The lowest BCUT2D eigenvalue weighted by Gasteiger charge is -2.12. The van der Waals surface area contributed by atoms with Crippen molar-refractivity contribution >= 4 is 23.0 Å². The minimum atomic E-state index is -0.201. The largest absolute Gasteiger partial charge is 0.464 e. The smallest absolute Gasteiger partial charge is 0.196 e. The van der Waals surface area contributed by atoms with Crippen LogP contribution in [0, 0.1) is 0 Å². The molecule has 1 heterocycles. The molecule has 0 amide bonds. The fraction of sp³-hybridized carbons (Fsp3) is 0.0526. The summed E-state index contributed by atoms with van der Waals surface area (Å²) in [5.74, 6) is 0.815. The molecule has 0 bridgehead atoms. The molecule has 0 spiro atoms. The predicted octanol–water partition coefficient (Wildman–Crippen LogP) is 5.09. The number of halogens is 1. The zero-order chi connectivity index (χ0) is 15.8. The van der Waals surface area contributed by atoms with Crippen molar-refractivity contribution in [1.82, 2.24) is 0 Å². The molecule has 0 saturated heterocycles. The Morgan fingerprint density at radius 2 is 1.74 bits per heavy atom. The summed E-state index contributed by atoms with van der Waals surface area (Å²) in [7, 11) is 0. The molecule has 1 atom stereocenters. The van der Waals surface area contributed by atoms with Crippen molar-refractivity contribution in [2.45, 2.75) is 6.23 Å². The average molecular weight is 323 g/mol. The molecule has 23 heavy (non-hydrogen) atoms. The molecule has 1 aliphatic heterocycles. The van der Waals surface area contributed by atoms with E-state index in [1.807, 2.05) is 60.7 Å². The number of hydrogen-bond donors (Lipinski definition) is 2. The quantitative estimate of drug-likeness (QED) is 0.646. The molecule has 0 saturated carbocycles. The van der Waals surface area contributed by atoms with Crippen molar-refractivity contribution in [3.63, 3.8) is 0 Å². The number of benzene rings is 3. The standard InChI is InChI=1S/C19H15ClN2O/c20-13-9-10-16(21)15(11-13)14-7-4-8-17-18(14)22-19(23-17)12-5-2-1-3-6-12/h1-11,19,22H,21H2. The van der Waals surface area contributed by atoms with Crippen molar-refractivity contribution in [3.05, 3.63) is 77.3 Å². The molecule has 1 unspecified atom stereocenters. The molecule has 0 aliphatic carbocycles. The van der Waals surface area contributed by atoms with Gasteiger partial charge in [0.25, 0.3) is 0 Å². The first-order chi connectivity index (χ1) is 11.2. The maximum atomic E-state index is 6.14. The summed E-state index contributed by atoms with van der Waals surface area (Å²) in [5, 5.41) is 4.10. The topological polar surface area (TPSA) is 47.3 Å². The van der Waals surface area contributed by atoms with Crippen molar-refractivity contribution in [1.29, 1.82) is 0 Å². The molecule has 1 aliphatic rings. The first-order valence-electron chi connectivity index (χ1n) is 7.39. The molecule has 4 rings (SSSR count). The van der Waals surface area contributed by atoms with Crippen LogP contribution in [-0.2, 0) is 0 Å². The van der Waals surface area contributed by atoms with Gasteiger partial charge in [-0.15, -0.1) is 0 Å². The fourth-order valence-electron chi connectivity index (χ4n) is 2.83. The first-order valence-corrected chi connectivity index (χ1v) is 7.77. The van der Waals surface area contributed by atoms with Crippen molar-refractivity contribution < 1.29 is 4.74 Å². The van der Waals surface area contributed by atoms with Crippen LogP contribution >= 0.6 is 11.6 Å². The van der Waals surface area contributed by atoms with Gasteiger partial charge in [-0.25, -0.2) is 0 Å². The first kappa shape index (κ1) is 14.0. The minimum Gasteiger partial charge on any atom is -0.464 e. The monoisotopic (exact) mass is 322 g/mol. The average Bonchev–Trinajstić information content (AvgIpc) is 3.02. The third-order valence-electron chi connectivity index (χ3n) is 3.95. The zero-order valence-electron chi connectivity index (χ0n) is 12.3. The molecule has 3 N–H and O–H groups in total. The highest BCUT2D eigenvalue weighted by molar-refractivity contribution is 6.31. The van der Waals surface area contributed by atoms with Crippen LogP contribution in [0.15, 0.2) is 66.7 Å². The van der Waals surface area contributed by atoms with E-state index < -0.39 is 0 Å². The molecule has 3 nitrogen and oxygen atoms in total. The summed E-state index contributed by atoms with van der Waals surface area (Å²) in [5.41, 5.74) is 10.7. The molecule has 3 aromatic carbocycles. The second kappa shape index (κ2) is 5.52. The third-order valence-corrected chi connectivity index (χ3v) is 4.19. The van der Waals surface area contributed by atoms with E-state index in [1.165, 1.54) is 0 Å². The number of hydrogen-bond acceptors (Lipinski definition) is 3. The van der Waals surface area contributed by atoms with E-state index in [1.54, 1.807) is 6.07 Å². The van der Waals surface area contributed by atoms with Crippen molar-refractivity contribution in [3.8, 4) is 16.9 Å². The highest BCUT2D eigenvalue weighted by Gasteiger charge is 2.26. The van der Waals surface area contributed by atoms with Crippen LogP contribution in [0.4, 0.5) is 11.4 Å². The van der Waals surface area contributed by atoms with E-state index in [0.717, 1.165) is 28.1 Å². The van der Waals surface area contributed by atoms with Crippen molar-refractivity contribution in [2.75, 3.05) is 11.1 Å². The Hall–Kier alpha value is -2.65. The third kappa shape index (κ3) is 2.49. The number of para-hydroxylation sites is 1. The summed E-state index contributed by atoms with van der Waals surface area (Å²) >= 11 is 6.14. The van der Waals surface area contributed by atoms with Gasteiger partial charge in [0.2, 0.25) is 0 Å². The molecule has 114 valence electrons. The molecule has 0 radical (unpaired) electrons. The number of nitrogen functional groups attached to an aromatic ring is 1. The van der Waals surface area contributed by atoms with Gasteiger partial charge < -0.3 is 15.8 Å². The number of rotatable bonds is 2. The van der Waals surface area contributed by atoms with Crippen LogP contribution in [0.5, 0.6) is 5.75 Å². The van der Waals surface area contributed by atoms with Crippen LogP contribution in [0.1, 0.15) is 11.8 Å². The van der Waals surface area contributed by atoms with Gasteiger partial charge >= 0.3 is 0 Å².